The van der Waals surface area contributed by atoms with Gasteiger partial charge in [0.1, 0.15) is 0 Å². The van der Waals surface area contributed by atoms with Crippen molar-refractivity contribution in [3.8, 4) is 0 Å². The van der Waals surface area contributed by atoms with Gasteiger partial charge in [0.2, 0.25) is 5.91 Å². The van der Waals surface area contributed by atoms with Crippen molar-refractivity contribution in [3.05, 3.63) is 39.0 Å². The maximum atomic E-state index is 12.3. The summed E-state index contributed by atoms with van der Waals surface area (Å²) < 4.78 is 0. The number of carboxylic acid groups (broad SMARTS) is 1. The summed E-state index contributed by atoms with van der Waals surface area (Å²) in [4.78, 5) is 31.1. The van der Waals surface area contributed by atoms with Crippen molar-refractivity contribution in [2.45, 2.75) is 25.3 Å². The number of nitrogens with zero attached hydrogens (tertiary/aromatic N) is 2. The maximum Gasteiger partial charge on any atom is 0.309 e. The minimum atomic E-state index is -0.855. The zero-order valence-electron chi connectivity index (χ0n) is 11.8. The normalized spacial score (nSPS) is 22.0. The predicted molar refractivity (Wildman–Crippen MR) is 85.0 cm³/mol. The highest BCUT2D eigenvalue weighted by Crippen LogP contribution is 2.36. The minimum Gasteiger partial charge on any atom is -0.481 e. The molecular formula is C15H16N2O3S2. The first-order chi connectivity index (χ1) is 10.7. The van der Waals surface area contributed by atoms with Crippen molar-refractivity contribution in [1.29, 1.82) is 0 Å². The number of hydrogen-bond donors (Lipinski definition) is 1. The van der Waals surface area contributed by atoms with Crippen molar-refractivity contribution in [2.75, 3.05) is 6.54 Å². The third-order valence-corrected chi connectivity index (χ3v) is 5.50. The van der Waals surface area contributed by atoms with Gasteiger partial charge in [-0.25, -0.2) is 4.98 Å². The number of thiophene rings is 1. The Morgan fingerprint density at radius 3 is 3.00 bits per heavy atom. The van der Waals surface area contributed by atoms with Crippen molar-refractivity contribution in [2.24, 2.45) is 5.92 Å². The first kappa shape index (κ1) is 15.2. The van der Waals surface area contributed by atoms with E-state index in [4.69, 9.17) is 0 Å². The van der Waals surface area contributed by atoms with Crippen molar-refractivity contribution >= 4 is 34.6 Å². The quantitative estimate of drug-likeness (QED) is 0.911. The van der Waals surface area contributed by atoms with Gasteiger partial charge in [0.05, 0.1) is 23.2 Å². The van der Waals surface area contributed by atoms with Crippen LogP contribution in [0.25, 0.3) is 0 Å². The van der Waals surface area contributed by atoms with E-state index in [9.17, 15) is 14.7 Å². The van der Waals surface area contributed by atoms with Crippen LogP contribution < -0.4 is 0 Å². The average molecular weight is 336 g/mol. The molecule has 1 fully saturated rings. The summed E-state index contributed by atoms with van der Waals surface area (Å²) in [7, 11) is 0. The number of thiazole rings is 1. The molecule has 0 radical (unpaired) electrons. The largest absolute Gasteiger partial charge is 0.481 e. The fraction of sp³-hybridized carbons (Fsp3) is 0.400. The molecule has 7 heteroatoms. The number of likely N-dealkylation sites (tertiary alicyclic amines) is 1. The first-order valence-electron chi connectivity index (χ1n) is 7.09. The Hall–Kier alpha value is -1.73. The van der Waals surface area contributed by atoms with E-state index in [-0.39, 0.29) is 5.91 Å². The third-order valence-electron chi connectivity index (χ3n) is 3.96. The number of piperidine rings is 1. The van der Waals surface area contributed by atoms with Crippen LogP contribution >= 0.6 is 22.7 Å². The molecule has 2 atom stereocenters. The van der Waals surface area contributed by atoms with E-state index in [1.165, 1.54) is 16.2 Å². The highest BCUT2D eigenvalue weighted by molar-refractivity contribution is 7.09. The molecular weight excluding hydrogens is 320 g/mol. The Labute approximate surface area is 136 Å². The summed E-state index contributed by atoms with van der Waals surface area (Å²) >= 11 is 3.08. The molecule has 0 unspecified atom stereocenters. The highest BCUT2D eigenvalue weighted by atomic mass is 32.1. The van der Waals surface area contributed by atoms with Gasteiger partial charge in [-0.05, 0) is 24.3 Å². The molecule has 0 saturated carbocycles. The van der Waals surface area contributed by atoms with E-state index in [0.717, 1.165) is 6.42 Å². The number of carbonyl (C=O) groups excluding carboxylic acids is 1. The maximum absolute atomic E-state index is 12.3. The van der Waals surface area contributed by atoms with Crippen LogP contribution in [-0.2, 0) is 16.0 Å². The van der Waals surface area contributed by atoms with Crippen molar-refractivity contribution < 1.29 is 14.7 Å². The molecule has 0 bridgehead atoms. The van der Waals surface area contributed by atoms with Crippen LogP contribution in [0.5, 0.6) is 0 Å². The molecule has 2 aromatic heterocycles. The van der Waals surface area contributed by atoms with Gasteiger partial charge < -0.3 is 10.0 Å². The van der Waals surface area contributed by atoms with E-state index in [1.54, 1.807) is 21.7 Å². The van der Waals surface area contributed by atoms with Gasteiger partial charge in [-0.3, -0.25) is 9.59 Å². The monoisotopic (exact) mass is 336 g/mol. The molecule has 0 aliphatic carbocycles. The van der Waals surface area contributed by atoms with E-state index in [1.807, 2.05) is 22.9 Å². The SMILES string of the molecule is O=C(O)[C@H]1CCC(=O)N(CCc2cccs2)[C@H]1c1cscn1. The smallest absolute Gasteiger partial charge is 0.309 e. The van der Waals surface area contributed by atoms with Crippen LogP contribution in [0.2, 0.25) is 0 Å². The zero-order valence-corrected chi connectivity index (χ0v) is 13.5. The molecule has 3 heterocycles. The van der Waals surface area contributed by atoms with Crippen LogP contribution in [0.1, 0.15) is 29.5 Å². The van der Waals surface area contributed by atoms with E-state index >= 15 is 0 Å². The number of carboxylic acids is 1. The Bertz CT molecular complexity index is 640. The molecule has 1 aliphatic heterocycles. The van der Waals surface area contributed by atoms with Crippen LogP contribution in [0, 0.1) is 5.92 Å². The van der Waals surface area contributed by atoms with Crippen LogP contribution in [0.3, 0.4) is 0 Å². The fourth-order valence-electron chi connectivity index (χ4n) is 2.89. The lowest BCUT2D eigenvalue weighted by Gasteiger charge is -2.38. The van der Waals surface area contributed by atoms with Gasteiger partial charge in [0.25, 0.3) is 0 Å². The molecule has 116 valence electrons. The van der Waals surface area contributed by atoms with Crippen molar-refractivity contribution in [1.82, 2.24) is 9.88 Å². The number of aromatic nitrogens is 1. The van der Waals surface area contributed by atoms with Gasteiger partial charge >= 0.3 is 5.97 Å². The second-order valence-corrected chi connectivity index (χ2v) is 7.01. The second kappa shape index (κ2) is 6.58. The van der Waals surface area contributed by atoms with E-state index < -0.39 is 17.9 Å². The molecule has 1 aliphatic rings. The second-order valence-electron chi connectivity index (χ2n) is 5.26. The number of aliphatic carboxylic acids is 1. The number of hydrogen-bond acceptors (Lipinski definition) is 5. The topological polar surface area (TPSA) is 70.5 Å². The molecule has 1 amide bonds. The highest BCUT2D eigenvalue weighted by Gasteiger charge is 2.41. The molecule has 2 aromatic rings. The molecule has 22 heavy (non-hydrogen) atoms. The number of rotatable bonds is 5. The summed E-state index contributed by atoms with van der Waals surface area (Å²) in [5.41, 5.74) is 2.38. The van der Waals surface area contributed by atoms with Gasteiger partial charge in [-0.15, -0.1) is 22.7 Å². The molecule has 3 rings (SSSR count). The standard InChI is InChI=1S/C15H16N2O3S2/c18-13-4-3-11(15(19)20)14(12-8-21-9-16-12)17(13)6-5-10-2-1-7-22-10/h1-2,7-9,11,14H,3-6H2,(H,19,20)/t11-,14+/m0/s1. The lowest BCUT2D eigenvalue weighted by Crippen LogP contribution is -2.46. The van der Waals surface area contributed by atoms with E-state index in [2.05, 4.69) is 4.98 Å². The molecule has 1 N–H and O–H groups in total. The summed E-state index contributed by atoms with van der Waals surface area (Å²) in [6.07, 6.45) is 1.42. The summed E-state index contributed by atoms with van der Waals surface area (Å²) in [5.74, 6) is -1.41. The Kier molecular flexibility index (Phi) is 4.54. The van der Waals surface area contributed by atoms with Gasteiger partial charge in [-0.2, -0.15) is 0 Å². The Morgan fingerprint density at radius 2 is 2.36 bits per heavy atom. The van der Waals surface area contributed by atoms with E-state index in [0.29, 0.717) is 25.1 Å². The Balaban J connectivity index is 1.85. The number of amides is 1. The molecule has 5 nitrogen and oxygen atoms in total. The average Bonchev–Trinajstić information content (AvgIpc) is 3.18. The van der Waals surface area contributed by atoms with Gasteiger partial charge in [0, 0.05) is 23.2 Å². The predicted octanol–water partition coefficient (Wildman–Crippen LogP) is 2.81. The third kappa shape index (κ3) is 3.05. The van der Waals surface area contributed by atoms with Gasteiger partial charge in [-0.1, -0.05) is 6.07 Å². The first-order valence-corrected chi connectivity index (χ1v) is 8.92. The van der Waals surface area contributed by atoms with Crippen LogP contribution in [-0.4, -0.2) is 33.4 Å². The summed E-state index contributed by atoms with van der Waals surface area (Å²) in [6, 6.07) is 3.56. The minimum absolute atomic E-state index is 0.0204. The molecule has 1 saturated heterocycles. The van der Waals surface area contributed by atoms with Crippen LogP contribution in [0.4, 0.5) is 0 Å². The molecule has 0 spiro atoms. The molecule has 0 aromatic carbocycles. The number of carbonyl (C=O) groups is 2. The van der Waals surface area contributed by atoms with Crippen LogP contribution in [0.15, 0.2) is 28.4 Å². The zero-order chi connectivity index (χ0) is 15.5. The summed E-state index contributed by atoms with van der Waals surface area (Å²) in [5, 5.41) is 13.4. The van der Waals surface area contributed by atoms with Crippen molar-refractivity contribution in [3.63, 3.8) is 0 Å². The summed E-state index contributed by atoms with van der Waals surface area (Å²) in [6.45, 7) is 0.533. The Morgan fingerprint density at radius 1 is 1.50 bits per heavy atom. The lowest BCUT2D eigenvalue weighted by atomic mass is 9.87. The van der Waals surface area contributed by atoms with Gasteiger partial charge in [0.15, 0.2) is 0 Å². The fourth-order valence-corrected chi connectivity index (χ4v) is 4.18. The lowest BCUT2D eigenvalue weighted by molar-refractivity contribution is -0.152.